The van der Waals surface area contributed by atoms with Crippen molar-refractivity contribution in [1.82, 2.24) is 9.97 Å². The second-order valence-electron chi connectivity index (χ2n) is 6.72. The Kier molecular flexibility index (Phi) is 4.14. The highest BCUT2D eigenvalue weighted by Crippen LogP contribution is 2.37. The van der Waals surface area contributed by atoms with E-state index in [1.807, 2.05) is 25.1 Å². The summed E-state index contributed by atoms with van der Waals surface area (Å²) in [7, 11) is 1.57. The molecule has 3 N–H and O–H groups in total. The lowest BCUT2D eigenvalue weighted by molar-refractivity contribution is -0.117. The van der Waals surface area contributed by atoms with E-state index >= 15 is 0 Å². The molecule has 6 nitrogen and oxygen atoms in total. The molecule has 3 aromatic rings. The first-order valence-corrected chi connectivity index (χ1v) is 8.62. The largest absolute Gasteiger partial charge is 0.481 e. The van der Waals surface area contributed by atoms with Gasteiger partial charge in [0, 0.05) is 29.0 Å². The zero-order valence-corrected chi connectivity index (χ0v) is 15.0. The molecule has 1 aliphatic carbocycles. The third kappa shape index (κ3) is 3.16. The summed E-state index contributed by atoms with van der Waals surface area (Å²) >= 11 is 0. The van der Waals surface area contributed by atoms with Crippen LogP contribution in [0.2, 0.25) is 0 Å². The van der Waals surface area contributed by atoms with E-state index in [4.69, 9.17) is 10.5 Å². The van der Waals surface area contributed by atoms with Crippen molar-refractivity contribution in [1.29, 1.82) is 0 Å². The lowest BCUT2D eigenvalue weighted by atomic mass is 9.98. The van der Waals surface area contributed by atoms with Gasteiger partial charge >= 0.3 is 0 Å². The van der Waals surface area contributed by atoms with Crippen molar-refractivity contribution < 1.29 is 13.9 Å². The van der Waals surface area contributed by atoms with E-state index in [9.17, 15) is 9.18 Å². The number of nitrogens with one attached hydrogen (secondary N) is 1. The number of hydrogen-bond acceptors (Lipinski definition) is 5. The van der Waals surface area contributed by atoms with Crippen LogP contribution in [0.5, 0.6) is 5.88 Å². The maximum absolute atomic E-state index is 13.1. The van der Waals surface area contributed by atoms with E-state index < -0.39 is 12.1 Å². The second-order valence-corrected chi connectivity index (χ2v) is 6.72. The number of halogens is 1. The Morgan fingerprint density at radius 1 is 1.33 bits per heavy atom. The van der Waals surface area contributed by atoms with Gasteiger partial charge in [-0.15, -0.1) is 0 Å². The minimum absolute atomic E-state index is 0.274. The number of pyridine rings is 2. The van der Waals surface area contributed by atoms with Crippen LogP contribution in [-0.2, 0) is 4.79 Å². The number of amides is 1. The van der Waals surface area contributed by atoms with Gasteiger partial charge in [0.15, 0.2) is 0 Å². The van der Waals surface area contributed by atoms with Gasteiger partial charge in [-0.2, -0.15) is 0 Å². The molecule has 0 bridgehead atoms. The van der Waals surface area contributed by atoms with Gasteiger partial charge in [0.25, 0.3) is 0 Å². The van der Waals surface area contributed by atoms with E-state index in [1.165, 1.54) is 0 Å². The number of aromatic nitrogens is 2. The number of carbonyl (C=O) groups is 1. The van der Waals surface area contributed by atoms with Crippen molar-refractivity contribution in [2.75, 3.05) is 18.2 Å². The average molecular weight is 366 g/mol. The molecule has 2 atom stereocenters. The normalized spacial score (nSPS) is 18.3. The van der Waals surface area contributed by atoms with Crippen molar-refractivity contribution in [2.24, 2.45) is 5.92 Å². The zero-order valence-electron chi connectivity index (χ0n) is 15.0. The number of methoxy groups -OCH3 is 1. The number of alkyl halides is 1. The molecule has 0 spiro atoms. The maximum atomic E-state index is 13.1. The van der Waals surface area contributed by atoms with Crippen molar-refractivity contribution in [3.05, 3.63) is 42.2 Å². The lowest BCUT2D eigenvalue weighted by Crippen LogP contribution is -2.15. The highest BCUT2D eigenvalue weighted by molar-refractivity contribution is 6.00. The minimum Gasteiger partial charge on any atom is -0.481 e. The summed E-state index contributed by atoms with van der Waals surface area (Å²) in [6, 6.07) is 7.44. The van der Waals surface area contributed by atoms with Crippen molar-refractivity contribution in [3.8, 4) is 17.0 Å². The predicted octanol–water partition coefficient (Wildman–Crippen LogP) is 3.49. The van der Waals surface area contributed by atoms with Crippen LogP contribution in [0.25, 0.3) is 21.9 Å². The Labute approximate surface area is 155 Å². The van der Waals surface area contributed by atoms with Gasteiger partial charge in [-0.25, -0.2) is 14.4 Å². The topological polar surface area (TPSA) is 90.1 Å². The van der Waals surface area contributed by atoms with Crippen molar-refractivity contribution >= 4 is 28.2 Å². The van der Waals surface area contributed by atoms with Crippen molar-refractivity contribution in [2.45, 2.75) is 19.5 Å². The third-order valence-electron chi connectivity index (χ3n) is 4.78. The van der Waals surface area contributed by atoms with E-state index in [0.717, 1.165) is 27.5 Å². The molecule has 138 valence electrons. The molecular weight excluding hydrogens is 347 g/mol. The molecule has 7 heteroatoms. The van der Waals surface area contributed by atoms with Gasteiger partial charge in [-0.1, -0.05) is 0 Å². The Morgan fingerprint density at radius 3 is 2.81 bits per heavy atom. The molecule has 0 radical (unpaired) electrons. The summed E-state index contributed by atoms with van der Waals surface area (Å²) in [5.74, 6) is -0.0264. The molecule has 2 aromatic heterocycles. The fourth-order valence-corrected chi connectivity index (χ4v) is 3.19. The number of rotatable bonds is 4. The summed E-state index contributed by atoms with van der Waals surface area (Å²) in [5, 5.41) is 4.25. The number of nitrogens with two attached hydrogens (primary N) is 1. The smallest absolute Gasteiger partial charge is 0.231 e. The molecule has 27 heavy (non-hydrogen) atoms. The third-order valence-corrected chi connectivity index (χ3v) is 4.78. The average Bonchev–Trinajstić information content (AvgIpc) is 3.38. The Hall–Kier alpha value is -3.22. The standard InChI is InChI=1S/C20H19FN4O2/c1-10-3-4-23-20(27-2)18(10)12-5-11-7-17(24-9-14(11)16(22)6-12)25-19(26)13-8-15(13)21/h3-7,9,13,15H,8,22H2,1-2H3,(H,24,25,26)/t13-,15+/m1/s1. The van der Waals surface area contributed by atoms with Gasteiger partial charge in [-0.05, 0) is 54.1 Å². The highest BCUT2D eigenvalue weighted by atomic mass is 19.1. The molecule has 0 aliphatic heterocycles. The molecule has 2 heterocycles. The van der Waals surface area contributed by atoms with Gasteiger partial charge in [-0.3, -0.25) is 4.79 Å². The lowest BCUT2D eigenvalue weighted by Gasteiger charge is -2.13. The number of nitrogens with zero attached hydrogens (tertiary/aromatic N) is 2. The Bertz CT molecular complexity index is 1050. The number of carbonyl (C=O) groups excluding carboxylic acids is 1. The van der Waals surface area contributed by atoms with E-state index in [1.54, 1.807) is 25.6 Å². The number of fused-ring (bicyclic) bond motifs is 1. The molecule has 1 amide bonds. The van der Waals surface area contributed by atoms with Crippen LogP contribution in [0.15, 0.2) is 36.7 Å². The van der Waals surface area contributed by atoms with Crippen LogP contribution in [0.4, 0.5) is 15.9 Å². The number of aryl methyl sites for hydroxylation is 1. The van der Waals surface area contributed by atoms with Crippen molar-refractivity contribution in [3.63, 3.8) is 0 Å². The molecule has 1 saturated carbocycles. The first kappa shape index (κ1) is 17.2. The predicted molar refractivity (Wildman–Crippen MR) is 102 cm³/mol. The molecule has 1 fully saturated rings. The first-order valence-electron chi connectivity index (χ1n) is 8.62. The van der Waals surface area contributed by atoms with E-state index in [0.29, 0.717) is 17.4 Å². The van der Waals surface area contributed by atoms with Gasteiger partial charge in [0.05, 0.1) is 13.0 Å². The highest BCUT2D eigenvalue weighted by Gasteiger charge is 2.43. The second kappa shape index (κ2) is 6.50. The van der Waals surface area contributed by atoms with Crippen LogP contribution < -0.4 is 15.8 Å². The molecule has 0 saturated heterocycles. The van der Waals surface area contributed by atoms with Gasteiger partial charge in [0.2, 0.25) is 11.8 Å². The minimum atomic E-state index is -1.05. The van der Waals surface area contributed by atoms with E-state index in [-0.39, 0.29) is 12.3 Å². The fraction of sp³-hybridized carbons (Fsp3) is 0.250. The van der Waals surface area contributed by atoms with Crippen LogP contribution in [0.3, 0.4) is 0 Å². The van der Waals surface area contributed by atoms with E-state index in [2.05, 4.69) is 15.3 Å². The number of nitrogen functional groups attached to an aromatic ring is 1. The number of ether oxygens (including phenoxy) is 1. The molecule has 4 rings (SSSR count). The molecule has 1 aliphatic rings. The SMILES string of the molecule is COc1nccc(C)c1-c1cc(N)c2cnc(NC(=O)[C@@H]3C[C@@H]3F)cc2c1. The summed E-state index contributed by atoms with van der Waals surface area (Å²) < 4.78 is 18.5. The van der Waals surface area contributed by atoms with Crippen LogP contribution in [0.1, 0.15) is 12.0 Å². The number of hydrogen-bond donors (Lipinski definition) is 2. The molecule has 1 aromatic carbocycles. The summed E-state index contributed by atoms with van der Waals surface area (Å²) in [5.41, 5.74) is 9.50. The Morgan fingerprint density at radius 2 is 2.11 bits per heavy atom. The van der Waals surface area contributed by atoms with Gasteiger partial charge in [0.1, 0.15) is 12.0 Å². The maximum Gasteiger partial charge on any atom is 0.231 e. The van der Waals surface area contributed by atoms with Crippen LogP contribution in [0, 0.1) is 12.8 Å². The monoisotopic (exact) mass is 366 g/mol. The van der Waals surface area contributed by atoms with Gasteiger partial charge < -0.3 is 15.8 Å². The number of anilines is 2. The summed E-state index contributed by atoms with van der Waals surface area (Å²) in [6.45, 7) is 1.97. The number of benzene rings is 1. The molecule has 0 unspecified atom stereocenters. The Balaban J connectivity index is 1.77. The van der Waals surface area contributed by atoms with Crippen LogP contribution >= 0.6 is 0 Å². The summed E-state index contributed by atoms with van der Waals surface area (Å²) in [4.78, 5) is 20.5. The summed E-state index contributed by atoms with van der Waals surface area (Å²) in [6.07, 6.45) is 2.53. The molecular formula is C20H19FN4O2. The zero-order chi connectivity index (χ0) is 19.1. The first-order chi connectivity index (χ1) is 13.0. The quantitative estimate of drug-likeness (QED) is 0.690. The van der Waals surface area contributed by atoms with Crippen LogP contribution in [-0.4, -0.2) is 29.2 Å². The fourth-order valence-electron chi connectivity index (χ4n) is 3.19.